The van der Waals surface area contributed by atoms with Crippen LogP contribution in [-0.4, -0.2) is 38.3 Å². The number of benzene rings is 1. The molecule has 3 aliphatic heterocycles. The first-order valence-electron chi connectivity index (χ1n) is 7.64. The average Bonchev–Trinajstić information content (AvgIpc) is 3.02. The van der Waals surface area contributed by atoms with Crippen LogP contribution in [0, 0.1) is 0 Å². The molecule has 0 aliphatic carbocycles. The number of anilines is 2. The number of ether oxygens (including phenoxy) is 1. The van der Waals surface area contributed by atoms with Gasteiger partial charge in [0.2, 0.25) is 0 Å². The number of carbonyl (C=O) groups is 1. The molecular formula is C16H20N2O2. The van der Waals surface area contributed by atoms with Crippen LogP contribution < -0.4 is 9.80 Å². The molecule has 0 radical (unpaired) electrons. The summed E-state index contributed by atoms with van der Waals surface area (Å²) in [6.45, 7) is 3.58. The Morgan fingerprint density at radius 1 is 1.20 bits per heavy atom. The lowest BCUT2D eigenvalue weighted by Crippen LogP contribution is -2.49. The predicted octanol–water partition coefficient (Wildman–Crippen LogP) is 1.96. The van der Waals surface area contributed by atoms with Gasteiger partial charge in [0, 0.05) is 26.2 Å². The lowest BCUT2D eigenvalue weighted by Gasteiger charge is -2.42. The van der Waals surface area contributed by atoms with E-state index in [-0.39, 0.29) is 12.0 Å². The van der Waals surface area contributed by atoms with Crippen molar-refractivity contribution in [2.45, 2.75) is 31.8 Å². The summed E-state index contributed by atoms with van der Waals surface area (Å²) >= 11 is 0. The first-order chi connectivity index (χ1) is 9.84. The Hall–Kier alpha value is -1.55. The topological polar surface area (TPSA) is 32.8 Å². The van der Waals surface area contributed by atoms with E-state index in [0.717, 1.165) is 51.2 Å². The molecule has 0 aromatic heterocycles. The molecule has 3 aliphatic rings. The first-order valence-corrected chi connectivity index (χ1v) is 7.64. The van der Waals surface area contributed by atoms with E-state index in [1.807, 2.05) is 4.90 Å². The molecule has 20 heavy (non-hydrogen) atoms. The molecule has 106 valence electrons. The summed E-state index contributed by atoms with van der Waals surface area (Å²) < 4.78 is 5.58. The number of hydrogen-bond donors (Lipinski definition) is 0. The number of amides is 1. The second-order valence-corrected chi connectivity index (χ2v) is 5.87. The second-order valence-electron chi connectivity index (χ2n) is 5.87. The van der Waals surface area contributed by atoms with Crippen molar-refractivity contribution in [3.63, 3.8) is 0 Å². The van der Waals surface area contributed by atoms with Crippen molar-refractivity contribution < 1.29 is 9.53 Å². The highest BCUT2D eigenvalue weighted by Crippen LogP contribution is 2.39. The minimum absolute atomic E-state index is 0.154. The van der Waals surface area contributed by atoms with Crippen LogP contribution in [0.2, 0.25) is 0 Å². The highest BCUT2D eigenvalue weighted by molar-refractivity contribution is 6.01. The Balaban J connectivity index is 1.71. The second kappa shape index (κ2) is 4.77. The van der Waals surface area contributed by atoms with E-state index >= 15 is 0 Å². The average molecular weight is 272 g/mol. The Morgan fingerprint density at radius 3 is 3.00 bits per heavy atom. The van der Waals surface area contributed by atoms with Gasteiger partial charge in [0.25, 0.3) is 5.91 Å². The molecule has 0 bridgehead atoms. The van der Waals surface area contributed by atoms with Crippen LogP contribution in [0.1, 0.15) is 24.8 Å². The summed E-state index contributed by atoms with van der Waals surface area (Å²) in [5.74, 6) is 0.154. The monoisotopic (exact) mass is 272 g/mol. The van der Waals surface area contributed by atoms with Gasteiger partial charge in [-0.3, -0.25) is 4.79 Å². The Morgan fingerprint density at radius 2 is 2.15 bits per heavy atom. The molecular weight excluding hydrogens is 252 g/mol. The van der Waals surface area contributed by atoms with E-state index in [2.05, 4.69) is 23.1 Å². The van der Waals surface area contributed by atoms with Crippen LogP contribution in [0.15, 0.2) is 18.2 Å². The fourth-order valence-electron chi connectivity index (χ4n) is 3.67. The third-order valence-electron chi connectivity index (χ3n) is 4.64. The summed E-state index contributed by atoms with van der Waals surface area (Å²) in [4.78, 5) is 17.1. The number of hydrogen-bond acceptors (Lipinski definition) is 3. The van der Waals surface area contributed by atoms with Crippen LogP contribution in [0.5, 0.6) is 0 Å². The third-order valence-corrected chi connectivity index (χ3v) is 4.64. The number of para-hydroxylation sites is 1. The molecule has 1 aromatic carbocycles. The van der Waals surface area contributed by atoms with Gasteiger partial charge in [-0.15, -0.1) is 0 Å². The maximum Gasteiger partial charge on any atom is 0.256 e. The fraction of sp³-hybridized carbons (Fsp3) is 0.562. The van der Waals surface area contributed by atoms with Gasteiger partial charge >= 0.3 is 0 Å². The molecule has 4 rings (SSSR count). The maximum atomic E-state index is 12.7. The van der Waals surface area contributed by atoms with Crippen LogP contribution in [-0.2, 0) is 16.0 Å². The summed E-state index contributed by atoms with van der Waals surface area (Å²) in [7, 11) is 0. The standard InChI is InChI=1S/C16H20N2O2/c19-16(14-7-3-11-20-14)18-10-9-17-8-2-5-12-4-1-6-13(18)15(12)17/h1,4,6,14H,2-3,5,7-11H2. The lowest BCUT2D eigenvalue weighted by atomic mass is 9.97. The number of rotatable bonds is 1. The van der Waals surface area contributed by atoms with Crippen molar-refractivity contribution in [1.82, 2.24) is 0 Å². The minimum Gasteiger partial charge on any atom is -0.368 e. The lowest BCUT2D eigenvalue weighted by molar-refractivity contribution is -0.127. The van der Waals surface area contributed by atoms with Crippen LogP contribution in [0.25, 0.3) is 0 Å². The van der Waals surface area contributed by atoms with Crippen molar-refractivity contribution in [2.75, 3.05) is 36.0 Å². The largest absolute Gasteiger partial charge is 0.368 e. The Labute approximate surface area is 119 Å². The molecule has 4 heteroatoms. The molecule has 1 aromatic rings. The molecule has 1 fully saturated rings. The van der Waals surface area contributed by atoms with E-state index in [4.69, 9.17) is 4.74 Å². The maximum absolute atomic E-state index is 12.7. The van der Waals surface area contributed by atoms with Crippen molar-refractivity contribution in [1.29, 1.82) is 0 Å². The van der Waals surface area contributed by atoms with Gasteiger partial charge in [0.05, 0.1) is 11.4 Å². The smallest absolute Gasteiger partial charge is 0.256 e. The third kappa shape index (κ3) is 1.82. The van der Waals surface area contributed by atoms with Gasteiger partial charge in [-0.25, -0.2) is 0 Å². The molecule has 1 unspecified atom stereocenters. The van der Waals surface area contributed by atoms with Gasteiger partial charge < -0.3 is 14.5 Å². The van der Waals surface area contributed by atoms with Gasteiger partial charge in [0.15, 0.2) is 0 Å². The zero-order chi connectivity index (χ0) is 13.5. The van der Waals surface area contributed by atoms with Crippen LogP contribution in [0.4, 0.5) is 11.4 Å². The van der Waals surface area contributed by atoms with E-state index in [1.54, 1.807) is 0 Å². The normalized spacial score (nSPS) is 24.7. The van der Waals surface area contributed by atoms with Crippen molar-refractivity contribution >= 4 is 17.3 Å². The summed E-state index contributed by atoms with van der Waals surface area (Å²) in [5.41, 5.74) is 3.77. The summed E-state index contributed by atoms with van der Waals surface area (Å²) in [6, 6.07) is 6.37. The zero-order valence-corrected chi connectivity index (χ0v) is 11.7. The SMILES string of the molecule is O=C(C1CCCO1)N1CCN2CCCc3cccc1c32. The van der Waals surface area contributed by atoms with E-state index in [9.17, 15) is 4.79 Å². The highest BCUT2D eigenvalue weighted by Gasteiger charge is 2.34. The Kier molecular flexibility index (Phi) is 2.91. The fourth-order valence-corrected chi connectivity index (χ4v) is 3.67. The van der Waals surface area contributed by atoms with Gasteiger partial charge in [0.1, 0.15) is 6.10 Å². The van der Waals surface area contributed by atoms with E-state index < -0.39 is 0 Å². The number of carbonyl (C=O) groups excluding carboxylic acids is 1. The van der Waals surface area contributed by atoms with Crippen molar-refractivity contribution in [3.8, 4) is 0 Å². The molecule has 3 heterocycles. The van der Waals surface area contributed by atoms with Crippen LogP contribution in [0.3, 0.4) is 0 Å². The van der Waals surface area contributed by atoms with Gasteiger partial charge in [-0.1, -0.05) is 12.1 Å². The van der Waals surface area contributed by atoms with Crippen molar-refractivity contribution in [3.05, 3.63) is 23.8 Å². The molecule has 4 nitrogen and oxygen atoms in total. The van der Waals surface area contributed by atoms with E-state index in [0.29, 0.717) is 0 Å². The molecule has 1 amide bonds. The molecule has 1 atom stereocenters. The van der Waals surface area contributed by atoms with E-state index in [1.165, 1.54) is 17.7 Å². The summed E-state index contributed by atoms with van der Waals surface area (Å²) in [6.07, 6.45) is 4.00. The predicted molar refractivity (Wildman–Crippen MR) is 78.3 cm³/mol. The van der Waals surface area contributed by atoms with Gasteiger partial charge in [-0.2, -0.15) is 0 Å². The summed E-state index contributed by atoms with van der Waals surface area (Å²) in [5, 5.41) is 0. The number of aryl methyl sites for hydroxylation is 1. The first kappa shape index (κ1) is 12.2. The van der Waals surface area contributed by atoms with Gasteiger partial charge in [-0.05, 0) is 37.3 Å². The minimum atomic E-state index is -0.221. The molecule has 0 saturated carbocycles. The van der Waals surface area contributed by atoms with Crippen LogP contribution >= 0.6 is 0 Å². The quantitative estimate of drug-likeness (QED) is 0.783. The molecule has 0 spiro atoms. The highest BCUT2D eigenvalue weighted by atomic mass is 16.5. The number of nitrogens with zero attached hydrogens (tertiary/aromatic N) is 2. The van der Waals surface area contributed by atoms with Crippen molar-refractivity contribution in [2.24, 2.45) is 0 Å². The Bertz CT molecular complexity index is 537. The zero-order valence-electron chi connectivity index (χ0n) is 11.7. The molecule has 1 saturated heterocycles. The molecule has 0 N–H and O–H groups in total.